The lowest BCUT2D eigenvalue weighted by Gasteiger charge is -2.24. The Hall–Kier alpha value is -1.82. The van der Waals surface area contributed by atoms with Crippen LogP contribution < -0.4 is 15.4 Å². The molecule has 1 fully saturated rings. The van der Waals surface area contributed by atoms with Gasteiger partial charge in [-0.2, -0.15) is 0 Å². The van der Waals surface area contributed by atoms with Crippen molar-refractivity contribution in [2.45, 2.75) is 45.3 Å². The molecule has 1 saturated carbocycles. The minimum absolute atomic E-state index is 0.209. The molecule has 2 N–H and O–H groups in total. The molecule has 1 heterocycles. The Kier molecular flexibility index (Phi) is 5.91. The van der Waals surface area contributed by atoms with Crippen molar-refractivity contribution in [2.24, 2.45) is 10.9 Å². The molecule has 132 valence electrons. The lowest BCUT2D eigenvalue weighted by molar-refractivity contribution is -0.0172. The van der Waals surface area contributed by atoms with Gasteiger partial charge in [0.15, 0.2) is 12.8 Å². The number of aliphatic imine (C=N–C) groups is 1. The maximum atomic E-state index is 13.8. The zero-order chi connectivity index (χ0) is 16.8. The van der Waals surface area contributed by atoms with Crippen LogP contribution in [-0.2, 0) is 17.9 Å². The van der Waals surface area contributed by atoms with Crippen LogP contribution in [0.25, 0.3) is 0 Å². The van der Waals surface area contributed by atoms with Crippen LogP contribution in [0.5, 0.6) is 5.75 Å². The van der Waals surface area contributed by atoms with Gasteiger partial charge in [-0.15, -0.1) is 0 Å². The highest BCUT2D eigenvalue weighted by atomic mass is 19.1. The number of benzene rings is 1. The first-order chi connectivity index (χ1) is 11.8. The molecule has 0 spiro atoms. The van der Waals surface area contributed by atoms with Gasteiger partial charge in [-0.05, 0) is 30.9 Å². The summed E-state index contributed by atoms with van der Waals surface area (Å²) < 4.78 is 24.5. The van der Waals surface area contributed by atoms with Crippen LogP contribution in [0.3, 0.4) is 0 Å². The molecule has 0 saturated heterocycles. The van der Waals surface area contributed by atoms with Crippen LogP contribution in [0.4, 0.5) is 4.39 Å². The van der Waals surface area contributed by atoms with Gasteiger partial charge >= 0.3 is 0 Å². The van der Waals surface area contributed by atoms with Crippen molar-refractivity contribution in [1.29, 1.82) is 0 Å². The van der Waals surface area contributed by atoms with Gasteiger partial charge in [0.05, 0.1) is 6.61 Å². The molecule has 1 aromatic rings. The molecular weight excluding hydrogens is 309 g/mol. The number of hydrogen-bond acceptors (Lipinski definition) is 3. The minimum atomic E-state index is -0.273. The maximum Gasteiger partial charge on any atom is 0.191 e. The Morgan fingerprint density at radius 3 is 2.88 bits per heavy atom. The SMILES string of the molecule is CN=C(NCc1cc(F)cc2c1OCOC2)NCC1CCCCC1. The molecule has 2 aliphatic rings. The number of guanidine groups is 1. The summed E-state index contributed by atoms with van der Waals surface area (Å²) >= 11 is 0. The molecule has 5 nitrogen and oxygen atoms in total. The summed E-state index contributed by atoms with van der Waals surface area (Å²) in [5.41, 5.74) is 1.54. The maximum absolute atomic E-state index is 13.8. The van der Waals surface area contributed by atoms with Gasteiger partial charge in [0.2, 0.25) is 0 Å². The highest BCUT2D eigenvalue weighted by Gasteiger charge is 2.17. The number of rotatable bonds is 4. The zero-order valence-electron chi connectivity index (χ0n) is 14.2. The lowest BCUT2D eigenvalue weighted by atomic mass is 9.89. The van der Waals surface area contributed by atoms with Crippen LogP contribution >= 0.6 is 0 Å². The van der Waals surface area contributed by atoms with Gasteiger partial charge in [-0.1, -0.05) is 19.3 Å². The number of nitrogens with zero attached hydrogens (tertiary/aromatic N) is 1. The second-order valence-corrected chi connectivity index (χ2v) is 6.47. The second-order valence-electron chi connectivity index (χ2n) is 6.47. The van der Waals surface area contributed by atoms with Gasteiger partial charge in [-0.3, -0.25) is 4.99 Å². The Labute approximate surface area is 142 Å². The van der Waals surface area contributed by atoms with Crippen molar-refractivity contribution in [3.63, 3.8) is 0 Å². The molecule has 6 heteroatoms. The van der Waals surface area contributed by atoms with Crippen molar-refractivity contribution in [3.8, 4) is 5.75 Å². The third-order valence-electron chi connectivity index (χ3n) is 4.70. The third-order valence-corrected chi connectivity index (χ3v) is 4.70. The molecule has 0 radical (unpaired) electrons. The van der Waals surface area contributed by atoms with Crippen LogP contribution in [-0.4, -0.2) is 26.3 Å². The van der Waals surface area contributed by atoms with E-state index in [2.05, 4.69) is 15.6 Å². The molecule has 3 rings (SSSR count). The summed E-state index contributed by atoms with van der Waals surface area (Å²) in [5, 5.41) is 6.64. The Bertz CT molecular complexity index is 586. The normalized spacial score (nSPS) is 18.7. The first kappa shape index (κ1) is 17.0. The summed E-state index contributed by atoms with van der Waals surface area (Å²) in [5.74, 6) is 1.91. The number of ether oxygens (including phenoxy) is 2. The van der Waals surface area contributed by atoms with Crippen molar-refractivity contribution < 1.29 is 13.9 Å². The predicted molar refractivity (Wildman–Crippen MR) is 91.5 cm³/mol. The largest absolute Gasteiger partial charge is 0.467 e. The summed E-state index contributed by atoms with van der Waals surface area (Å²) in [4.78, 5) is 4.26. The van der Waals surface area contributed by atoms with Crippen molar-refractivity contribution in [2.75, 3.05) is 20.4 Å². The second kappa shape index (κ2) is 8.33. The highest BCUT2D eigenvalue weighted by molar-refractivity contribution is 5.79. The summed E-state index contributed by atoms with van der Waals surface area (Å²) in [6, 6.07) is 2.97. The van der Waals surface area contributed by atoms with Gasteiger partial charge in [-0.25, -0.2) is 4.39 Å². The van der Waals surface area contributed by atoms with E-state index in [1.54, 1.807) is 7.05 Å². The van der Waals surface area contributed by atoms with Crippen LogP contribution in [0.15, 0.2) is 17.1 Å². The number of fused-ring (bicyclic) bond motifs is 1. The van der Waals surface area contributed by atoms with E-state index >= 15 is 0 Å². The van der Waals surface area contributed by atoms with E-state index < -0.39 is 0 Å². The number of halogens is 1. The molecule has 0 aromatic heterocycles. The van der Waals surface area contributed by atoms with Gasteiger partial charge in [0.25, 0.3) is 0 Å². The number of nitrogens with one attached hydrogen (secondary N) is 2. The van der Waals surface area contributed by atoms with Crippen LogP contribution in [0.1, 0.15) is 43.2 Å². The van der Waals surface area contributed by atoms with Crippen LogP contribution in [0, 0.1) is 11.7 Å². The fourth-order valence-corrected chi connectivity index (χ4v) is 3.42. The van der Waals surface area contributed by atoms with Crippen molar-refractivity contribution >= 4 is 5.96 Å². The quantitative estimate of drug-likeness (QED) is 0.656. The molecule has 0 bridgehead atoms. The zero-order valence-corrected chi connectivity index (χ0v) is 14.2. The molecule has 24 heavy (non-hydrogen) atoms. The van der Waals surface area contributed by atoms with Crippen molar-refractivity contribution in [3.05, 3.63) is 29.1 Å². The monoisotopic (exact) mass is 335 g/mol. The van der Waals surface area contributed by atoms with Crippen LogP contribution in [0.2, 0.25) is 0 Å². The Morgan fingerprint density at radius 1 is 1.25 bits per heavy atom. The van der Waals surface area contributed by atoms with Gasteiger partial charge in [0.1, 0.15) is 11.6 Å². The average Bonchev–Trinajstić information content (AvgIpc) is 2.62. The molecule has 0 amide bonds. The standard InChI is InChI=1S/C18H26FN3O2/c1-20-18(21-9-13-5-3-2-4-6-13)22-10-14-7-16(19)8-15-11-23-12-24-17(14)15/h7-8,13H,2-6,9-12H2,1H3,(H2,20,21,22). The van der Waals surface area contributed by atoms with Crippen molar-refractivity contribution in [1.82, 2.24) is 10.6 Å². The molecule has 0 unspecified atom stereocenters. The average molecular weight is 335 g/mol. The molecule has 1 aromatic carbocycles. The van der Waals surface area contributed by atoms with E-state index in [0.717, 1.165) is 35.3 Å². The molecule has 1 aliphatic carbocycles. The smallest absolute Gasteiger partial charge is 0.191 e. The first-order valence-electron chi connectivity index (χ1n) is 8.72. The molecule has 1 aliphatic heterocycles. The van der Waals surface area contributed by atoms with E-state index in [-0.39, 0.29) is 12.6 Å². The summed E-state index contributed by atoms with van der Waals surface area (Å²) in [6.45, 7) is 1.99. The predicted octanol–water partition coefficient (Wildman–Crippen LogP) is 2.94. The topological polar surface area (TPSA) is 54.9 Å². The van der Waals surface area contributed by atoms with Gasteiger partial charge in [0, 0.05) is 31.3 Å². The van der Waals surface area contributed by atoms with Gasteiger partial charge < -0.3 is 20.1 Å². The van der Waals surface area contributed by atoms with E-state index in [1.165, 1.54) is 44.2 Å². The minimum Gasteiger partial charge on any atom is -0.467 e. The van der Waals surface area contributed by atoms with E-state index in [0.29, 0.717) is 13.2 Å². The fraction of sp³-hybridized carbons (Fsp3) is 0.611. The summed E-state index contributed by atoms with van der Waals surface area (Å²) in [7, 11) is 1.75. The van der Waals surface area contributed by atoms with E-state index in [1.807, 2.05) is 0 Å². The third kappa shape index (κ3) is 4.38. The van der Waals surface area contributed by atoms with E-state index in [9.17, 15) is 4.39 Å². The molecule has 0 atom stereocenters. The first-order valence-corrected chi connectivity index (χ1v) is 8.72. The fourth-order valence-electron chi connectivity index (χ4n) is 3.42. The lowest BCUT2D eigenvalue weighted by Crippen LogP contribution is -2.39. The van der Waals surface area contributed by atoms with E-state index in [4.69, 9.17) is 9.47 Å². The Balaban J connectivity index is 1.56. The Morgan fingerprint density at radius 2 is 2.08 bits per heavy atom. The highest BCUT2D eigenvalue weighted by Crippen LogP contribution is 2.29. The summed E-state index contributed by atoms with van der Waals surface area (Å²) in [6.07, 6.45) is 6.59. The molecular formula is C18H26FN3O2. The number of hydrogen-bond donors (Lipinski definition) is 2.